The maximum Gasteiger partial charge on any atom is 0.0584 e. The maximum atomic E-state index is 9.20. The van der Waals surface area contributed by atoms with Crippen LogP contribution in [0, 0.1) is 0 Å². The normalized spacial score (nSPS) is 22.4. The Bertz CT molecular complexity index is 306. The first-order valence-electron chi connectivity index (χ1n) is 5.78. The molecule has 15 heavy (non-hydrogen) atoms. The molecule has 0 saturated heterocycles. The molecule has 2 N–H and O–H groups in total. The summed E-state index contributed by atoms with van der Waals surface area (Å²) in [5, 5.41) is 14.9. The number of aliphatic hydroxyl groups is 1. The van der Waals surface area contributed by atoms with E-state index >= 15 is 0 Å². The van der Waals surface area contributed by atoms with E-state index in [4.69, 9.17) is 0 Å². The lowest BCUT2D eigenvalue weighted by Gasteiger charge is -2.27. The highest BCUT2D eigenvalue weighted by Crippen LogP contribution is 2.33. The number of hydrogen-bond acceptors (Lipinski definition) is 3. The Balaban J connectivity index is 2.06. The van der Waals surface area contributed by atoms with Crippen molar-refractivity contribution in [1.82, 2.24) is 5.32 Å². The van der Waals surface area contributed by atoms with Gasteiger partial charge in [0.1, 0.15) is 0 Å². The van der Waals surface area contributed by atoms with E-state index < -0.39 is 0 Å². The Kier molecular flexibility index (Phi) is 3.78. The highest BCUT2D eigenvalue weighted by molar-refractivity contribution is 7.10. The number of aliphatic hydroxyl groups excluding tert-OH is 1. The average Bonchev–Trinajstić information content (AvgIpc) is 2.74. The van der Waals surface area contributed by atoms with Gasteiger partial charge in [0.25, 0.3) is 0 Å². The van der Waals surface area contributed by atoms with E-state index in [9.17, 15) is 5.11 Å². The van der Waals surface area contributed by atoms with Gasteiger partial charge in [-0.2, -0.15) is 0 Å². The van der Waals surface area contributed by atoms with E-state index in [0.717, 1.165) is 6.42 Å². The molecule has 0 aliphatic heterocycles. The van der Waals surface area contributed by atoms with Crippen molar-refractivity contribution in [2.45, 2.75) is 44.7 Å². The summed E-state index contributed by atoms with van der Waals surface area (Å²) in [7, 11) is 0. The predicted octanol–water partition coefficient (Wildman–Crippen LogP) is 2.49. The fraction of sp³-hybridized carbons (Fsp3) is 0.667. The minimum Gasteiger partial charge on any atom is -0.395 e. The number of hydrogen-bond donors (Lipinski definition) is 2. The van der Waals surface area contributed by atoms with Crippen LogP contribution in [0.3, 0.4) is 0 Å². The molecule has 0 saturated carbocycles. The van der Waals surface area contributed by atoms with Crippen LogP contribution in [-0.4, -0.2) is 17.8 Å². The standard InChI is InChI=1S/C12H19NOS/c1-2-9(8-14)13-11-4-3-5-12-10(11)6-7-15-12/h6-7,9,11,13-14H,2-5,8H2,1H3/t9-,11?/m1/s1. The van der Waals surface area contributed by atoms with Crippen molar-refractivity contribution in [2.24, 2.45) is 0 Å². The van der Waals surface area contributed by atoms with E-state index in [1.165, 1.54) is 29.7 Å². The zero-order valence-electron chi connectivity index (χ0n) is 9.20. The Morgan fingerprint density at radius 2 is 2.53 bits per heavy atom. The van der Waals surface area contributed by atoms with Crippen molar-refractivity contribution in [3.8, 4) is 0 Å². The Labute approximate surface area is 95.3 Å². The first-order chi connectivity index (χ1) is 7.35. The third kappa shape index (κ3) is 2.41. The largest absolute Gasteiger partial charge is 0.395 e. The van der Waals surface area contributed by atoms with Crippen molar-refractivity contribution in [3.05, 3.63) is 21.9 Å². The molecule has 1 aliphatic rings. The van der Waals surface area contributed by atoms with Crippen molar-refractivity contribution < 1.29 is 5.11 Å². The van der Waals surface area contributed by atoms with Crippen molar-refractivity contribution >= 4 is 11.3 Å². The quantitative estimate of drug-likeness (QED) is 0.825. The maximum absolute atomic E-state index is 9.20. The monoisotopic (exact) mass is 225 g/mol. The molecular weight excluding hydrogens is 206 g/mol. The molecule has 84 valence electrons. The lowest BCUT2D eigenvalue weighted by Crippen LogP contribution is -2.36. The molecule has 3 heteroatoms. The fourth-order valence-corrected chi connectivity index (χ4v) is 3.23. The molecule has 0 fully saturated rings. The van der Waals surface area contributed by atoms with E-state index in [1.54, 1.807) is 0 Å². The zero-order chi connectivity index (χ0) is 10.7. The number of rotatable bonds is 4. The molecule has 0 spiro atoms. The molecule has 2 rings (SSSR count). The van der Waals surface area contributed by atoms with Crippen LogP contribution >= 0.6 is 11.3 Å². The van der Waals surface area contributed by atoms with Gasteiger partial charge in [0, 0.05) is 17.0 Å². The van der Waals surface area contributed by atoms with Gasteiger partial charge in [-0.25, -0.2) is 0 Å². The van der Waals surface area contributed by atoms with Crippen LogP contribution in [0.4, 0.5) is 0 Å². The summed E-state index contributed by atoms with van der Waals surface area (Å²) >= 11 is 1.87. The Morgan fingerprint density at radius 3 is 3.27 bits per heavy atom. The second kappa shape index (κ2) is 5.10. The number of fused-ring (bicyclic) bond motifs is 1. The molecule has 0 radical (unpaired) electrons. The molecule has 2 nitrogen and oxygen atoms in total. The smallest absolute Gasteiger partial charge is 0.0584 e. The summed E-state index contributed by atoms with van der Waals surface area (Å²) in [6.07, 6.45) is 4.71. The lowest BCUT2D eigenvalue weighted by molar-refractivity contribution is 0.223. The van der Waals surface area contributed by atoms with Crippen LogP contribution in [0.25, 0.3) is 0 Å². The first-order valence-corrected chi connectivity index (χ1v) is 6.66. The topological polar surface area (TPSA) is 32.3 Å². The summed E-state index contributed by atoms with van der Waals surface area (Å²) in [4.78, 5) is 1.53. The van der Waals surface area contributed by atoms with E-state index in [1.807, 2.05) is 11.3 Å². The summed E-state index contributed by atoms with van der Waals surface area (Å²) < 4.78 is 0. The van der Waals surface area contributed by atoms with Crippen molar-refractivity contribution in [1.29, 1.82) is 0 Å². The lowest BCUT2D eigenvalue weighted by atomic mass is 9.93. The van der Waals surface area contributed by atoms with Crippen LogP contribution in [-0.2, 0) is 6.42 Å². The van der Waals surface area contributed by atoms with Crippen LogP contribution in [0.1, 0.15) is 42.7 Å². The molecule has 1 aromatic rings. The van der Waals surface area contributed by atoms with Crippen LogP contribution in [0.2, 0.25) is 0 Å². The highest BCUT2D eigenvalue weighted by Gasteiger charge is 2.22. The number of aryl methyl sites for hydroxylation is 1. The minimum absolute atomic E-state index is 0.243. The second-order valence-electron chi connectivity index (χ2n) is 4.20. The first kappa shape index (κ1) is 11.1. The average molecular weight is 225 g/mol. The molecule has 1 heterocycles. The summed E-state index contributed by atoms with van der Waals surface area (Å²) in [5.74, 6) is 0. The zero-order valence-corrected chi connectivity index (χ0v) is 10.0. The van der Waals surface area contributed by atoms with Gasteiger partial charge in [-0.3, -0.25) is 0 Å². The van der Waals surface area contributed by atoms with E-state index in [2.05, 4.69) is 23.7 Å². The van der Waals surface area contributed by atoms with Gasteiger partial charge in [-0.1, -0.05) is 6.92 Å². The molecule has 1 unspecified atom stereocenters. The molecule has 0 aromatic carbocycles. The van der Waals surface area contributed by atoms with Gasteiger partial charge in [0.2, 0.25) is 0 Å². The van der Waals surface area contributed by atoms with E-state index in [0.29, 0.717) is 6.04 Å². The number of nitrogens with one attached hydrogen (secondary N) is 1. The summed E-state index contributed by atoms with van der Waals surface area (Å²) in [6, 6.07) is 2.96. The van der Waals surface area contributed by atoms with E-state index in [-0.39, 0.29) is 12.6 Å². The van der Waals surface area contributed by atoms with Gasteiger partial charge in [0.05, 0.1) is 6.61 Å². The van der Waals surface area contributed by atoms with Crippen LogP contribution in [0.15, 0.2) is 11.4 Å². The minimum atomic E-state index is 0.243. The van der Waals surface area contributed by atoms with Crippen LogP contribution < -0.4 is 5.32 Å². The summed E-state index contributed by atoms with van der Waals surface area (Å²) in [6.45, 7) is 2.36. The Hall–Kier alpha value is -0.380. The van der Waals surface area contributed by atoms with Crippen molar-refractivity contribution in [2.75, 3.05) is 6.61 Å². The highest BCUT2D eigenvalue weighted by atomic mass is 32.1. The molecule has 0 amide bonds. The van der Waals surface area contributed by atoms with Gasteiger partial charge < -0.3 is 10.4 Å². The molecule has 1 aromatic heterocycles. The third-order valence-corrected chi connectivity index (χ3v) is 4.20. The molecule has 0 bridgehead atoms. The molecule has 2 atom stereocenters. The Morgan fingerprint density at radius 1 is 1.67 bits per heavy atom. The van der Waals surface area contributed by atoms with Gasteiger partial charge in [-0.05, 0) is 42.7 Å². The fourth-order valence-electron chi connectivity index (χ4n) is 2.24. The van der Waals surface area contributed by atoms with Crippen molar-refractivity contribution in [3.63, 3.8) is 0 Å². The SMILES string of the molecule is CC[C@H](CO)NC1CCCc2sccc21. The van der Waals surface area contributed by atoms with Crippen LogP contribution in [0.5, 0.6) is 0 Å². The van der Waals surface area contributed by atoms with Gasteiger partial charge >= 0.3 is 0 Å². The second-order valence-corrected chi connectivity index (χ2v) is 5.20. The molecular formula is C12H19NOS. The molecule has 1 aliphatic carbocycles. The summed E-state index contributed by atoms with van der Waals surface area (Å²) in [5.41, 5.74) is 1.47. The number of thiophene rings is 1. The predicted molar refractivity (Wildman–Crippen MR) is 64.3 cm³/mol. The third-order valence-electron chi connectivity index (χ3n) is 3.20. The van der Waals surface area contributed by atoms with Gasteiger partial charge in [0.15, 0.2) is 0 Å². The van der Waals surface area contributed by atoms with Gasteiger partial charge in [-0.15, -0.1) is 11.3 Å².